The number of benzene rings is 2. The van der Waals surface area contributed by atoms with Crippen LogP contribution >= 0.6 is 24.0 Å². The molecule has 0 spiro atoms. The van der Waals surface area contributed by atoms with Crippen molar-refractivity contribution >= 4 is 51.9 Å². The van der Waals surface area contributed by atoms with E-state index in [-0.39, 0.29) is 12.3 Å². The summed E-state index contributed by atoms with van der Waals surface area (Å²) in [6.45, 7) is 0. The van der Waals surface area contributed by atoms with Gasteiger partial charge in [-0.1, -0.05) is 36.1 Å². The third-order valence-corrected chi connectivity index (χ3v) is 5.63. The number of carbonyl (C=O) groups excluding carboxylic acids is 1. The lowest BCUT2D eigenvalue weighted by atomic mass is 10.1. The molecule has 0 saturated carbocycles. The highest BCUT2D eigenvalue weighted by Gasteiger charge is 2.33. The van der Waals surface area contributed by atoms with Gasteiger partial charge in [0.15, 0.2) is 15.8 Å². The minimum absolute atomic E-state index is 0.0836. The molecular formula is C21H19NO6S2. The molecule has 1 fully saturated rings. The van der Waals surface area contributed by atoms with Crippen LogP contribution in [-0.2, 0) is 16.0 Å². The Bertz CT molecular complexity index is 1010. The minimum Gasteiger partial charge on any atom is -0.493 e. The Balaban J connectivity index is 1.91. The number of carboxylic acid groups (broad SMARTS) is 1. The first-order valence-corrected chi connectivity index (χ1v) is 9.99. The van der Waals surface area contributed by atoms with Crippen LogP contribution < -0.4 is 19.1 Å². The number of anilines is 1. The fourth-order valence-corrected chi connectivity index (χ4v) is 4.26. The number of amides is 1. The molecule has 0 atom stereocenters. The highest BCUT2D eigenvalue weighted by Crippen LogP contribution is 2.41. The van der Waals surface area contributed by atoms with Crippen LogP contribution in [0.3, 0.4) is 0 Å². The van der Waals surface area contributed by atoms with E-state index in [0.29, 0.717) is 43.3 Å². The number of thiocarbonyl (C=S) groups is 1. The van der Waals surface area contributed by atoms with E-state index < -0.39 is 5.97 Å². The van der Waals surface area contributed by atoms with Crippen molar-refractivity contribution in [3.8, 4) is 17.2 Å². The number of aliphatic carboxylic acids is 1. The maximum atomic E-state index is 13.0. The first-order chi connectivity index (χ1) is 14.4. The summed E-state index contributed by atoms with van der Waals surface area (Å²) in [4.78, 5) is 25.7. The van der Waals surface area contributed by atoms with Gasteiger partial charge < -0.3 is 19.3 Å². The maximum absolute atomic E-state index is 13.0. The Kier molecular flexibility index (Phi) is 6.63. The lowest BCUT2D eigenvalue weighted by Crippen LogP contribution is -2.27. The van der Waals surface area contributed by atoms with Crippen LogP contribution in [0.4, 0.5) is 5.69 Å². The minimum atomic E-state index is -0.915. The van der Waals surface area contributed by atoms with E-state index in [1.165, 1.54) is 38.0 Å². The van der Waals surface area contributed by atoms with Crippen LogP contribution in [0, 0.1) is 0 Å². The Morgan fingerprint density at radius 3 is 2.20 bits per heavy atom. The Morgan fingerprint density at radius 1 is 1.10 bits per heavy atom. The number of ether oxygens (including phenoxy) is 3. The van der Waals surface area contributed by atoms with E-state index in [4.69, 9.17) is 31.5 Å². The van der Waals surface area contributed by atoms with Gasteiger partial charge in [0.25, 0.3) is 5.91 Å². The summed E-state index contributed by atoms with van der Waals surface area (Å²) in [7, 11) is 4.57. The SMILES string of the molecule is COc1cc(/C=C2\SC(=S)N(c3ccc(CC(=O)O)cc3)C2=O)cc(OC)c1OC. The quantitative estimate of drug-likeness (QED) is 0.510. The van der Waals surface area contributed by atoms with Crippen molar-refractivity contribution in [3.63, 3.8) is 0 Å². The summed E-state index contributed by atoms with van der Waals surface area (Å²) in [5, 5.41) is 8.89. The number of thioether (sulfide) groups is 1. The molecule has 2 aromatic carbocycles. The maximum Gasteiger partial charge on any atom is 0.307 e. The highest BCUT2D eigenvalue weighted by molar-refractivity contribution is 8.27. The van der Waals surface area contributed by atoms with Crippen LogP contribution in [-0.4, -0.2) is 42.6 Å². The molecule has 1 heterocycles. The first kappa shape index (κ1) is 21.7. The van der Waals surface area contributed by atoms with Crippen LogP contribution in [0.1, 0.15) is 11.1 Å². The van der Waals surface area contributed by atoms with E-state index >= 15 is 0 Å². The van der Waals surface area contributed by atoms with Crippen molar-refractivity contribution in [3.05, 3.63) is 52.4 Å². The van der Waals surface area contributed by atoms with Gasteiger partial charge in [-0.15, -0.1) is 0 Å². The average molecular weight is 446 g/mol. The molecule has 0 bridgehead atoms. The largest absolute Gasteiger partial charge is 0.493 e. The van der Waals surface area contributed by atoms with Gasteiger partial charge in [0, 0.05) is 0 Å². The van der Waals surface area contributed by atoms with Gasteiger partial charge in [0.2, 0.25) is 5.75 Å². The summed E-state index contributed by atoms with van der Waals surface area (Å²) < 4.78 is 16.4. The van der Waals surface area contributed by atoms with Crippen LogP contribution in [0.15, 0.2) is 41.3 Å². The third-order valence-electron chi connectivity index (χ3n) is 4.33. The van der Waals surface area contributed by atoms with Gasteiger partial charge in [0.1, 0.15) is 0 Å². The smallest absolute Gasteiger partial charge is 0.307 e. The number of rotatable bonds is 7. The Morgan fingerprint density at radius 2 is 1.70 bits per heavy atom. The molecule has 0 radical (unpaired) electrons. The summed E-state index contributed by atoms with van der Waals surface area (Å²) in [5.74, 6) is 0.248. The molecule has 7 nitrogen and oxygen atoms in total. The molecular weight excluding hydrogens is 426 g/mol. The van der Waals surface area contributed by atoms with Gasteiger partial charge in [0.05, 0.1) is 38.3 Å². The predicted molar refractivity (Wildman–Crippen MR) is 120 cm³/mol. The van der Waals surface area contributed by atoms with Crippen molar-refractivity contribution in [1.29, 1.82) is 0 Å². The van der Waals surface area contributed by atoms with E-state index in [1.807, 2.05) is 0 Å². The fourth-order valence-electron chi connectivity index (χ4n) is 2.96. The number of methoxy groups -OCH3 is 3. The summed E-state index contributed by atoms with van der Waals surface area (Å²) in [6.07, 6.45) is 1.63. The summed E-state index contributed by atoms with van der Waals surface area (Å²) >= 11 is 6.58. The van der Waals surface area contributed by atoms with Crippen molar-refractivity contribution in [2.45, 2.75) is 6.42 Å². The molecule has 1 aliphatic heterocycles. The second-order valence-corrected chi connectivity index (χ2v) is 7.89. The first-order valence-electron chi connectivity index (χ1n) is 8.76. The normalized spacial score (nSPS) is 14.9. The van der Waals surface area contributed by atoms with E-state index in [0.717, 1.165) is 0 Å². The fraction of sp³-hybridized carbons (Fsp3) is 0.190. The molecule has 3 rings (SSSR count). The number of nitrogens with zero attached hydrogens (tertiary/aromatic N) is 1. The van der Waals surface area contributed by atoms with Gasteiger partial charge >= 0.3 is 5.97 Å². The molecule has 9 heteroatoms. The second-order valence-electron chi connectivity index (χ2n) is 6.21. The van der Waals surface area contributed by atoms with E-state index in [9.17, 15) is 9.59 Å². The molecule has 30 heavy (non-hydrogen) atoms. The standard InChI is InChI=1S/C21H19NO6S2/c1-26-15-8-13(9-16(27-2)19(15)28-3)10-17-20(25)22(21(29)30-17)14-6-4-12(5-7-14)11-18(23)24/h4-10H,11H2,1-3H3,(H,23,24)/b17-10-. The van der Waals surface area contributed by atoms with Gasteiger partial charge in [-0.2, -0.15) is 0 Å². The number of hydrogen-bond acceptors (Lipinski definition) is 7. The monoisotopic (exact) mass is 445 g/mol. The van der Waals surface area contributed by atoms with Crippen LogP contribution in [0.2, 0.25) is 0 Å². The number of carbonyl (C=O) groups is 2. The zero-order chi connectivity index (χ0) is 21.8. The molecule has 1 N–H and O–H groups in total. The lowest BCUT2D eigenvalue weighted by molar-refractivity contribution is -0.136. The molecule has 0 aliphatic carbocycles. The molecule has 1 amide bonds. The Hall–Kier alpha value is -3.04. The third kappa shape index (κ3) is 4.42. The van der Waals surface area contributed by atoms with Crippen LogP contribution in [0.25, 0.3) is 6.08 Å². The molecule has 0 aromatic heterocycles. The second kappa shape index (κ2) is 9.19. The number of hydrogen-bond donors (Lipinski definition) is 1. The topological polar surface area (TPSA) is 85.3 Å². The number of carboxylic acids is 1. The lowest BCUT2D eigenvalue weighted by Gasteiger charge is -2.15. The van der Waals surface area contributed by atoms with Gasteiger partial charge in [-0.3, -0.25) is 14.5 Å². The molecule has 156 valence electrons. The average Bonchev–Trinajstić information content (AvgIpc) is 3.00. The van der Waals surface area contributed by atoms with Crippen molar-refractivity contribution < 1.29 is 28.9 Å². The Labute approximate surface area is 183 Å². The zero-order valence-electron chi connectivity index (χ0n) is 16.5. The van der Waals surface area contributed by atoms with Crippen molar-refractivity contribution in [1.82, 2.24) is 0 Å². The highest BCUT2D eigenvalue weighted by atomic mass is 32.2. The molecule has 2 aromatic rings. The summed E-state index contributed by atoms with van der Waals surface area (Å²) in [6, 6.07) is 10.2. The molecule has 0 unspecified atom stereocenters. The summed E-state index contributed by atoms with van der Waals surface area (Å²) in [5.41, 5.74) is 1.92. The van der Waals surface area contributed by atoms with Gasteiger partial charge in [-0.05, 0) is 41.5 Å². The zero-order valence-corrected chi connectivity index (χ0v) is 18.1. The van der Waals surface area contributed by atoms with E-state index in [1.54, 1.807) is 42.5 Å². The van der Waals surface area contributed by atoms with Crippen molar-refractivity contribution in [2.75, 3.05) is 26.2 Å². The van der Waals surface area contributed by atoms with Crippen LogP contribution in [0.5, 0.6) is 17.2 Å². The molecule has 1 saturated heterocycles. The van der Waals surface area contributed by atoms with Crippen molar-refractivity contribution in [2.24, 2.45) is 0 Å². The molecule has 1 aliphatic rings. The predicted octanol–water partition coefficient (Wildman–Crippen LogP) is 3.75. The van der Waals surface area contributed by atoms with E-state index in [2.05, 4.69) is 0 Å². The van der Waals surface area contributed by atoms with Gasteiger partial charge in [-0.25, -0.2) is 0 Å².